The number of benzene rings is 2. The van der Waals surface area contributed by atoms with Crippen molar-refractivity contribution in [1.82, 2.24) is 9.21 Å². The summed E-state index contributed by atoms with van der Waals surface area (Å²) in [6.45, 7) is 8.12. The largest absolute Gasteiger partial charge is 0.444 e. The van der Waals surface area contributed by atoms with Gasteiger partial charge in [0, 0.05) is 58.3 Å². The number of hydrogen-bond acceptors (Lipinski definition) is 6. The van der Waals surface area contributed by atoms with Gasteiger partial charge >= 0.3 is 6.09 Å². The first-order valence-electron chi connectivity index (χ1n) is 12.0. The molecule has 2 aromatic rings. The lowest BCUT2D eigenvalue weighted by atomic mass is 10.1. The van der Waals surface area contributed by atoms with Crippen LogP contribution in [-0.2, 0) is 26.0 Å². The number of carbonyl (C=O) groups excluding carboxylic acids is 2. The van der Waals surface area contributed by atoms with Crippen LogP contribution in [0.15, 0.2) is 47.4 Å². The molecule has 1 aliphatic rings. The maximum Gasteiger partial charge on any atom is 0.410 e. The Morgan fingerprint density at radius 3 is 2.22 bits per heavy atom. The standard InChI is InChI=1S/C26H33Cl2N3O5S/c1-26(2,3)36-25(33)31-16-14-30(15-17-31)20-10-8-19(9-11-20)18-21(32)12-13-29(4)37(34,35)23-7-5-6-22(27)24(23)28/h5-11H,12-18H2,1-4H3. The summed E-state index contributed by atoms with van der Waals surface area (Å²) in [5.41, 5.74) is 1.35. The third kappa shape index (κ3) is 7.83. The van der Waals surface area contributed by atoms with E-state index in [4.69, 9.17) is 27.9 Å². The molecule has 1 fully saturated rings. The molecule has 0 N–H and O–H groups in total. The fourth-order valence-electron chi connectivity index (χ4n) is 3.87. The predicted molar refractivity (Wildman–Crippen MR) is 146 cm³/mol. The van der Waals surface area contributed by atoms with E-state index in [2.05, 4.69) is 4.90 Å². The number of rotatable bonds is 8. The zero-order chi connectivity index (χ0) is 27.4. The number of sulfonamides is 1. The Morgan fingerprint density at radius 2 is 1.62 bits per heavy atom. The highest BCUT2D eigenvalue weighted by Crippen LogP contribution is 2.30. The molecule has 0 spiro atoms. The Kier molecular flexibility index (Phi) is 9.50. The van der Waals surface area contributed by atoms with Crippen LogP contribution in [0.25, 0.3) is 0 Å². The summed E-state index contributed by atoms with van der Waals surface area (Å²) in [4.78, 5) is 28.6. The molecular weight excluding hydrogens is 537 g/mol. The van der Waals surface area contributed by atoms with Crippen LogP contribution < -0.4 is 4.90 Å². The second kappa shape index (κ2) is 12.0. The van der Waals surface area contributed by atoms with Crippen LogP contribution in [0, 0.1) is 0 Å². The van der Waals surface area contributed by atoms with Crippen molar-refractivity contribution < 1.29 is 22.7 Å². The lowest BCUT2D eigenvalue weighted by Gasteiger charge is -2.36. The van der Waals surface area contributed by atoms with E-state index in [0.29, 0.717) is 26.2 Å². The van der Waals surface area contributed by atoms with Crippen LogP contribution in [0.3, 0.4) is 0 Å². The van der Waals surface area contributed by atoms with Gasteiger partial charge in [0.05, 0.1) is 10.0 Å². The van der Waals surface area contributed by atoms with Crippen LogP contribution in [0.4, 0.5) is 10.5 Å². The SMILES string of the molecule is CN(CCC(=O)Cc1ccc(N2CCN(C(=O)OC(C)(C)C)CC2)cc1)S(=O)(=O)c1cccc(Cl)c1Cl. The number of hydrogen-bond donors (Lipinski definition) is 0. The fraction of sp³-hybridized carbons (Fsp3) is 0.462. The van der Waals surface area contributed by atoms with E-state index in [1.807, 2.05) is 45.0 Å². The summed E-state index contributed by atoms with van der Waals surface area (Å²) >= 11 is 12.0. The maximum atomic E-state index is 12.8. The number of ether oxygens (including phenoxy) is 1. The average molecular weight is 571 g/mol. The number of anilines is 1. The molecule has 0 unspecified atom stereocenters. The fourth-order valence-corrected chi connectivity index (χ4v) is 5.77. The normalized spacial score (nSPS) is 14.7. The molecule has 0 atom stereocenters. The molecule has 0 radical (unpaired) electrons. The molecule has 0 bridgehead atoms. The molecule has 2 aromatic carbocycles. The summed E-state index contributed by atoms with van der Waals surface area (Å²) in [5, 5.41) is 0.120. The molecular formula is C26H33Cl2N3O5S. The Hall–Kier alpha value is -2.33. The third-order valence-corrected chi connectivity index (χ3v) is 8.77. The van der Waals surface area contributed by atoms with Crippen molar-refractivity contribution in [3.05, 3.63) is 58.1 Å². The van der Waals surface area contributed by atoms with Crippen molar-refractivity contribution >= 4 is 50.8 Å². The van der Waals surface area contributed by atoms with Gasteiger partial charge in [0.2, 0.25) is 10.0 Å². The summed E-state index contributed by atoms with van der Waals surface area (Å²) in [6.07, 6.45) is -0.0176. The van der Waals surface area contributed by atoms with Crippen LogP contribution >= 0.6 is 23.2 Å². The van der Waals surface area contributed by atoms with E-state index in [9.17, 15) is 18.0 Å². The Bertz CT molecular complexity index is 1220. The summed E-state index contributed by atoms with van der Waals surface area (Å²) in [7, 11) is -2.46. The van der Waals surface area contributed by atoms with E-state index >= 15 is 0 Å². The van der Waals surface area contributed by atoms with Crippen molar-refractivity contribution in [1.29, 1.82) is 0 Å². The topological polar surface area (TPSA) is 87.2 Å². The molecule has 11 heteroatoms. The lowest BCUT2D eigenvalue weighted by Crippen LogP contribution is -2.50. The molecule has 37 heavy (non-hydrogen) atoms. The Morgan fingerprint density at radius 1 is 1.00 bits per heavy atom. The number of amides is 1. The summed E-state index contributed by atoms with van der Waals surface area (Å²) < 4.78 is 32.2. The van der Waals surface area contributed by atoms with Gasteiger partial charge in [-0.1, -0.05) is 41.4 Å². The van der Waals surface area contributed by atoms with E-state index < -0.39 is 15.6 Å². The minimum Gasteiger partial charge on any atom is -0.444 e. The quantitative estimate of drug-likeness (QED) is 0.450. The molecule has 0 aromatic heterocycles. The van der Waals surface area contributed by atoms with E-state index in [1.165, 1.54) is 25.2 Å². The minimum absolute atomic E-state index is 0.0318. The first kappa shape index (κ1) is 29.2. The van der Waals surface area contributed by atoms with Gasteiger partial charge < -0.3 is 14.5 Å². The number of nitrogens with zero attached hydrogens (tertiary/aromatic N) is 3. The molecule has 8 nitrogen and oxygen atoms in total. The van der Waals surface area contributed by atoms with Crippen molar-refractivity contribution in [2.75, 3.05) is 44.7 Å². The summed E-state index contributed by atoms with van der Waals surface area (Å²) in [6, 6.07) is 12.2. The van der Waals surface area contributed by atoms with Gasteiger partial charge in [-0.3, -0.25) is 4.79 Å². The summed E-state index contributed by atoms with van der Waals surface area (Å²) in [5.74, 6) is -0.0713. The first-order valence-corrected chi connectivity index (χ1v) is 14.2. The highest BCUT2D eigenvalue weighted by molar-refractivity contribution is 7.89. The molecule has 1 heterocycles. The third-order valence-electron chi connectivity index (χ3n) is 5.94. The Labute approximate surface area is 229 Å². The van der Waals surface area contributed by atoms with Gasteiger partial charge in [-0.25, -0.2) is 17.5 Å². The molecule has 1 saturated heterocycles. The minimum atomic E-state index is -3.87. The van der Waals surface area contributed by atoms with Crippen LogP contribution in [-0.4, -0.2) is 74.9 Å². The van der Waals surface area contributed by atoms with E-state index in [1.54, 1.807) is 4.90 Å². The van der Waals surface area contributed by atoms with E-state index in [0.717, 1.165) is 15.6 Å². The number of Topliss-reactive ketones (excluding diaryl/α,β-unsaturated/α-hetero) is 1. The van der Waals surface area contributed by atoms with Crippen molar-refractivity contribution in [2.45, 2.75) is 44.1 Å². The van der Waals surface area contributed by atoms with Crippen LogP contribution in [0.5, 0.6) is 0 Å². The smallest absolute Gasteiger partial charge is 0.410 e. The zero-order valence-electron chi connectivity index (χ0n) is 21.5. The number of ketones is 1. The first-order chi connectivity index (χ1) is 17.3. The van der Waals surface area contributed by atoms with Gasteiger partial charge in [-0.15, -0.1) is 0 Å². The average Bonchev–Trinajstić information content (AvgIpc) is 2.83. The molecule has 0 saturated carbocycles. The van der Waals surface area contributed by atoms with Crippen LogP contribution in [0.1, 0.15) is 32.8 Å². The molecule has 202 valence electrons. The zero-order valence-corrected chi connectivity index (χ0v) is 23.9. The highest BCUT2D eigenvalue weighted by Gasteiger charge is 2.27. The second-order valence-corrected chi connectivity index (χ2v) is 12.8. The molecule has 3 rings (SSSR count). The number of piperazine rings is 1. The van der Waals surface area contributed by atoms with Gasteiger partial charge in [0.25, 0.3) is 0 Å². The Balaban J connectivity index is 1.49. The lowest BCUT2D eigenvalue weighted by molar-refractivity contribution is -0.118. The highest BCUT2D eigenvalue weighted by atomic mass is 35.5. The molecule has 0 aliphatic carbocycles. The maximum absolute atomic E-state index is 12.8. The van der Waals surface area contributed by atoms with Crippen molar-refractivity contribution in [3.8, 4) is 0 Å². The monoisotopic (exact) mass is 569 g/mol. The van der Waals surface area contributed by atoms with Crippen LogP contribution in [0.2, 0.25) is 10.0 Å². The van der Waals surface area contributed by atoms with E-state index in [-0.39, 0.29) is 46.2 Å². The van der Waals surface area contributed by atoms with Crippen molar-refractivity contribution in [2.24, 2.45) is 0 Å². The van der Waals surface area contributed by atoms with Crippen molar-refractivity contribution in [3.63, 3.8) is 0 Å². The van der Waals surface area contributed by atoms with Gasteiger partial charge in [0.1, 0.15) is 16.3 Å². The van der Waals surface area contributed by atoms with Gasteiger partial charge in [-0.05, 0) is 50.6 Å². The number of carbonyl (C=O) groups is 2. The molecule has 1 amide bonds. The number of halogens is 2. The second-order valence-electron chi connectivity index (χ2n) is 9.96. The predicted octanol–water partition coefficient (Wildman–Crippen LogP) is 4.87. The van der Waals surface area contributed by atoms with Gasteiger partial charge in [0.15, 0.2) is 0 Å². The molecule has 1 aliphatic heterocycles. The van der Waals surface area contributed by atoms with Gasteiger partial charge in [-0.2, -0.15) is 0 Å².